The van der Waals surface area contributed by atoms with E-state index in [1.807, 2.05) is 0 Å². The maximum Gasteiger partial charge on any atom is 0.0571 e. The Morgan fingerprint density at radius 1 is 1.22 bits per heavy atom. The first kappa shape index (κ1) is 8.92. The lowest BCUT2D eigenvalue weighted by molar-refractivity contribution is 0.447. The second-order valence-corrected chi connectivity index (χ2v) is 1.96. The van der Waals surface area contributed by atoms with E-state index in [0.717, 1.165) is 19.5 Å². The van der Waals surface area contributed by atoms with Crippen LogP contribution in [0.1, 0.15) is 20.3 Å². The van der Waals surface area contributed by atoms with Crippen LogP contribution in [-0.2, 0) is 0 Å². The van der Waals surface area contributed by atoms with Crippen LogP contribution in [0.4, 0.5) is 0 Å². The average molecular weight is 129 g/mol. The van der Waals surface area contributed by atoms with E-state index >= 15 is 0 Å². The normalized spacial score (nSPS) is 10.7. The fraction of sp³-hybridized carbons (Fsp3) is 0.857. The SMILES string of the molecule is [CH2]CC(NCC)NCC. The topological polar surface area (TPSA) is 24.1 Å². The van der Waals surface area contributed by atoms with Crippen LogP contribution in [0.15, 0.2) is 0 Å². The van der Waals surface area contributed by atoms with E-state index in [9.17, 15) is 0 Å². The summed E-state index contributed by atoms with van der Waals surface area (Å²) in [6.45, 7) is 10.0. The summed E-state index contributed by atoms with van der Waals surface area (Å²) < 4.78 is 0. The van der Waals surface area contributed by atoms with Crippen molar-refractivity contribution in [2.24, 2.45) is 0 Å². The molecule has 0 saturated heterocycles. The third-order valence-corrected chi connectivity index (χ3v) is 1.19. The van der Waals surface area contributed by atoms with Crippen molar-refractivity contribution in [1.29, 1.82) is 0 Å². The van der Waals surface area contributed by atoms with E-state index in [1.165, 1.54) is 0 Å². The molecule has 55 valence electrons. The molecule has 0 bridgehead atoms. The smallest absolute Gasteiger partial charge is 0.0571 e. The molecule has 0 aromatic heterocycles. The molecule has 0 rings (SSSR count). The van der Waals surface area contributed by atoms with Crippen molar-refractivity contribution < 1.29 is 0 Å². The maximum atomic E-state index is 3.80. The van der Waals surface area contributed by atoms with Crippen LogP contribution in [0.2, 0.25) is 0 Å². The largest absolute Gasteiger partial charge is 0.302 e. The summed E-state index contributed by atoms with van der Waals surface area (Å²) in [5.74, 6) is 0. The molecule has 0 spiro atoms. The second-order valence-electron chi connectivity index (χ2n) is 1.96. The minimum atomic E-state index is 0.403. The molecule has 2 N–H and O–H groups in total. The highest BCUT2D eigenvalue weighted by atomic mass is 15.1. The summed E-state index contributed by atoms with van der Waals surface area (Å²) in [6.07, 6.45) is 1.31. The molecule has 0 aliphatic carbocycles. The molecular weight excluding hydrogens is 112 g/mol. The van der Waals surface area contributed by atoms with Crippen molar-refractivity contribution in [3.63, 3.8) is 0 Å². The fourth-order valence-electron chi connectivity index (χ4n) is 0.769. The molecule has 0 aliphatic heterocycles. The molecule has 0 unspecified atom stereocenters. The number of nitrogens with one attached hydrogen (secondary N) is 2. The third-order valence-electron chi connectivity index (χ3n) is 1.19. The highest BCUT2D eigenvalue weighted by molar-refractivity contribution is 4.62. The van der Waals surface area contributed by atoms with Gasteiger partial charge in [0, 0.05) is 0 Å². The zero-order valence-electron chi connectivity index (χ0n) is 6.41. The lowest BCUT2D eigenvalue weighted by Gasteiger charge is -2.15. The van der Waals surface area contributed by atoms with Crippen molar-refractivity contribution >= 4 is 0 Å². The van der Waals surface area contributed by atoms with Gasteiger partial charge in [-0.05, 0) is 19.5 Å². The molecule has 0 aliphatic rings. The highest BCUT2D eigenvalue weighted by Gasteiger charge is 1.98. The summed E-state index contributed by atoms with van der Waals surface area (Å²) in [7, 11) is 0. The van der Waals surface area contributed by atoms with Crippen LogP contribution in [0.3, 0.4) is 0 Å². The van der Waals surface area contributed by atoms with Gasteiger partial charge in [-0.2, -0.15) is 0 Å². The van der Waals surface area contributed by atoms with E-state index in [2.05, 4.69) is 31.4 Å². The standard InChI is InChI=1S/C7H17N2/c1-4-7(8-5-2)9-6-3/h7-9H,1,4-6H2,2-3H3. The molecule has 0 heterocycles. The van der Waals surface area contributed by atoms with Gasteiger partial charge in [0.15, 0.2) is 0 Å². The molecule has 0 saturated carbocycles. The molecule has 0 atom stereocenters. The Kier molecular flexibility index (Phi) is 5.99. The van der Waals surface area contributed by atoms with Crippen molar-refractivity contribution in [3.8, 4) is 0 Å². The van der Waals surface area contributed by atoms with Crippen molar-refractivity contribution in [2.75, 3.05) is 13.1 Å². The Labute approximate surface area is 58.0 Å². The minimum absolute atomic E-state index is 0.403. The molecule has 2 nitrogen and oxygen atoms in total. The van der Waals surface area contributed by atoms with E-state index in [4.69, 9.17) is 0 Å². The van der Waals surface area contributed by atoms with Gasteiger partial charge < -0.3 is 10.6 Å². The van der Waals surface area contributed by atoms with Crippen molar-refractivity contribution in [3.05, 3.63) is 6.92 Å². The second kappa shape index (κ2) is 6.05. The van der Waals surface area contributed by atoms with E-state index < -0.39 is 0 Å². The Hall–Kier alpha value is -0.0800. The van der Waals surface area contributed by atoms with Gasteiger partial charge in [0.2, 0.25) is 0 Å². The molecular formula is C7H17N2. The van der Waals surface area contributed by atoms with Gasteiger partial charge in [-0.1, -0.05) is 20.8 Å². The summed E-state index contributed by atoms with van der Waals surface area (Å²) >= 11 is 0. The summed E-state index contributed by atoms with van der Waals surface area (Å²) in [5.41, 5.74) is 0. The number of hydrogen-bond acceptors (Lipinski definition) is 2. The molecule has 0 aromatic carbocycles. The van der Waals surface area contributed by atoms with Crippen molar-refractivity contribution in [1.82, 2.24) is 10.6 Å². The lowest BCUT2D eigenvalue weighted by Crippen LogP contribution is -2.41. The quantitative estimate of drug-likeness (QED) is 0.535. The van der Waals surface area contributed by atoms with Crippen LogP contribution in [-0.4, -0.2) is 19.3 Å². The van der Waals surface area contributed by atoms with Gasteiger partial charge in [-0.3, -0.25) is 0 Å². The Morgan fingerprint density at radius 2 is 1.67 bits per heavy atom. The van der Waals surface area contributed by atoms with Gasteiger partial charge in [0.05, 0.1) is 6.17 Å². The zero-order chi connectivity index (χ0) is 7.11. The number of rotatable bonds is 5. The van der Waals surface area contributed by atoms with Gasteiger partial charge in [-0.15, -0.1) is 0 Å². The minimum Gasteiger partial charge on any atom is -0.302 e. The van der Waals surface area contributed by atoms with Crippen LogP contribution < -0.4 is 10.6 Å². The van der Waals surface area contributed by atoms with Crippen LogP contribution in [0, 0.1) is 6.92 Å². The molecule has 9 heavy (non-hydrogen) atoms. The Bertz CT molecular complexity index is 48.9. The third kappa shape index (κ3) is 4.43. The van der Waals surface area contributed by atoms with Gasteiger partial charge in [-0.25, -0.2) is 0 Å². The first-order valence-corrected chi connectivity index (χ1v) is 3.61. The molecule has 2 heteroatoms. The van der Waals surface area contributed by atoms with E-state index in [-0.39, 0.29) is 0 Å². The molecule has 0 fully saturated rings. The lowest BCUT2D eigenvalue weighted by atomic mass is 10.3. The number of hydrogen-bond donors (Lipinski definition) is 2. The van der Waals surface area contributed by atoms with Crippen molar-refractivity contribution in [2.45, 2.75) is 26.4 Å². The molecule has 0 aromatic rings. The Morgan fingerprint density at radius 3 is 1.89 bits per heavy atom. The zero-order valence-corrected chi connectivity index (χ0v) is 6.41. The highest BCUT2D eigenvalue weighted by Crippen LogP contribution is 1.82. The first-order chi connectivity index (χ1) is 4.35. The summed E-state index contributed by atoms with van der Waals surface area (Å²) in [6, 6.07) is 0. The van der Waals surface area contributed by atoms with Gasteiger partial charge in [0.25, 0.3) is 0 Å². The van der Waals surface area contributed by atoms with Gasteiger partial charge in [0.1, 0.15) is 0 Å². The molecule has 1 radical (unpaired) electrons. The van der Waals surface area contributed by atoms with Gasteiger partial charge >= 0.3 is 0 Å². The first-order valence-electron chi connectivity index (χ1n) is 3.61. The fourth-order valence-corrected chi connectivity index (χ4v) is 0.769. The van der Waals surface area contributed by atoms with Crippen LogP contribution in [0.5, 0.6) is 0 Å². The summed E-state index contributed by atoms with van der Waals surface area (Å²) in [5, 5.41) is 6.52. The van der Waals surface area contributed by atoms with E-state index in [0.29, 0.717) is 6.17 Å². The van der Waals surface area contributed by atoms with Crippen LogP contribution >= 0.6 is 0 Å². The van der Waals surface area contributed by atoms with E-state index in [1.54, 1.807) is 0 Å². The predicted octanol–water partition coefficient (Wildman–Crippen LogP) is 0.756. The monoisotopic (exact) mass is 129 g/mol. The Balaban J connectivity index is 3.18. The summed E-state index contributed by atoms with van der Waals surface area (Å²) in [4.78, 5) is 0. The van der Waals surface area contributed by atoms with Crippen LogP contribution in [0.25, 0.3) is 0 Å². The average Bonchev–Trinajstić information content (AvgIpc) is 1.88. The predicted molar refractivity (Wildman–Crippen MR) is 41.1 cm³/mol. The molecule has 0 amide bonds. The maximum absolute atomic E-state index is 3.80.